The Labute approximate surface area is 100 Å². The topological polar surface area (TPSA) is 43.1 Å². The van der Waals surface area contributed by atoms with Gasteiger partial charge < -0.3 is 24.0 Å². The Balaban J connectivity index is 0.00000169. The van der Waals surface area contributed by atoms with E-state index in [1.165, 1.54) is 6.07 Å². The van der Waals surface area contributed by atoms with Crippen molar-refractivity contribution in [2.45, 2.75) is 0 Å². The first kappa shape index (κ1) is 13.3. The average molecular weight is 308 g/mol. The molecule has 0 spiro atoms. The highest BCUT2D eigenvalue weighted by Gasteiger charge is 2.15. The maximum Gasteiger partial charge on any atom is 0.275 e. The number of benzene rings is 1. The van der Waals surface area contributed by atoms with Gasteiger partial charge >= 0.3 is 0 Å². The van der Waals surface area contributed by atoms with Crippen molar-refractivity contribution < 1.29 is 28.9 Å². The number of hydrogen-bond donors (Lipinski definition) is 0. The molecule has 0 atom stereocenters. The molecule has 0 bridgehead atoms. The molecular weight excluding hydrogens is 295 g/mol. The summed E-state index contributed by atoms with van der Waals surface area (Å²) in [6.07, 6.45) is 0. The van der Waals surface area contributed by atoms with Crippen LogP contribution in [0.1, 0.15) is 0 Å². The van der Waals surface area contributed by atoms with Crippen LogP contribution in [0.4, 0.5) is 11.4 Å². The van der Waals surface area contributed by atoms with Crippen molar-refractivity contribution in [2.75, 3.05) is 21.1 Å². The lowest BCUT2D eigenvalue weighted by atomic mass is 10.2. The predicted octanol–water partition coefficient (Wildman–Crippen LogP) is -1.20. The Morgan fingerprint density at radius 2 is 1.86 bits per heavy atom. The Kier molecular flexibility index (Phi) is 4.47. The summed E-state index contributed by atoms with van der Waals surface area (Å²) in [4.78, 5) is 10.1. The molecule has 1 aromatic rings. The fourth-order valence-electron chi connectivity index (χ4n) is 1.02. The third-order valence-corrected chi connectivity index (χ3v) is 1.82. The largest absolute Gasteiger partial charge is 1.00 e. The van der Waals surface area contributed by atoms with Crippen LogP contribution in [0.2, 0.25) is 0 Å². The number of rotatable bonds is 2. The summed E-state index contributed by atoms with van der Waals surface area (Å²) in [7, 11) is 5.91. The van der Waals surface area contributed by atoms with Gasteiger partial charge in [0.1, 0.15) is 5.69 Å². The van der Waals surface area contributed by atoms with E-state index in [9.17, 15) is 10.1 Å². The molecule has 1 rings (SSSR count). The third-order valence-electron chi connectivity index (χ3n) is 1.82. The van der Waals surface area contributed by atoms with E-state index in [-0.39, 0.29) is 34.6 Å². The Morgan fingerprint density at radius 1 is 1.29 bits per heavy atom. The molecule has 0 aromatic heterocycles. The molecule has 0 radical (unpaired) electrons. The minimum absolute atomic E-state index is 0. The van der Waals surface area contributed by atoms with Crippen LogP contribution in [0, 0.1) is 10.1 Å². The minimum Gasteiger partial charge on any atom is -1.00 e. The lowest BCUT2D eigenvalue weighted by molar-refractivity contribution is -0.384. The molecular formula is C9H13IN2O2. The van der Waals surface area contributed by atoms with Gasteiger partial charge in [-0.3, -0.25) is 14.6 Å². The van der Waals surface area contributed by atoms with E-state index in [2.05, 4.69) is 0 Å². The molecule has 0 fully saturated rings. The Morgan fingerprint density at radius 3 is 2.29 bits per heavy atom. The van der Waals surface area contributed by atoms with Crippen LogP contribution < -0.4 is 28.5 Å². The number of quaternary nitrogens is 1. The van der Waals surface area contributed by atoms with Gasteiger partial charge in [-0.05, 0) is 12.1 Å². The Bertz CT molecular complexity index is 334. The molecule has 0 aliphatic heterocycles. The number of nitrogens with zero attached hydrogens (tertiary/aromatic N) is 2. The highest BCUT2D eigenvalue weighted by molar-refractivity contribution is 5.49. The fourth-order valence-corrected chi connectivity index (χ4v) is 1.02. The number of non-ortho nitro benzene ring substituents is 1. The summed E-state index contributed by atoms with van der Waals surface area (Å²) >= 11 is 0. The van der Waals surface area contributed by atoms with Gasteiger partial charge in [0.05, 0.1) is 32.1 Å². The maximum absolute atomic E-state index is 10.5. The van der Waals surface area contributed by atoms with Crippen LogP contribution in [0.5, 0.6) is 0 Å². The van der Waals surface area contributed by atoms with E-state index in [1.54, 1.807) is 12.1 Å². The first-order valence-electron chi connectivity index (χ1n) is 3.98. The number of nitro benzene ring substituents is 1. The van der Waals surface area contributed by atoms with Gasteiger partial charge in [-0.25, -0.2) is 0 Å². The fraction of sp³-hybridized carbons (Fsp3) is 0.333. The van der Waals surface area contributed by atoms with Crippen LogP contribution in [-0.2, 0) is 0 Å². The molecule has 0 amide bonds. The van der Waals surface area contributed by atoms with Gasteiger partial charge in [-0.1, -0.05) is 0 Å². The van der Waals surface area contributed by atoms with Crippen molar-refractivity contribution in [3.05, 3.63) is 34.4 Å². The summed E-state index contributed by atoms with van der Waals surface area (Å²) in [6, 6.07) is 6.68. The SMILES string of the molecule is C[N+](C)(C)c1cccc([N+](=O)[O-])c1.[I-]. The molecule has 0 aliphatic carbocycles. The molecule has 0 aliphatic rings. The second-order valence-corrected chi connectivity index (χ2v) is 3.79. The van der Waals surface area contributed by atoms with Crippen LogP contribution in [0.15, 0.2) is 24.3 Å². The zero-order valence-corrected chi connectivity index (χ0v) is 10.6. The van der Waals surface area contributed by atoms with Crippen LogP contribution >= 0.6 is 0 Å². The van der Waals surface area contributed by atoms with Crippen molar-refractivity contribution in [3.8, 4) is 0 Å². The van der Waals surface area contributed by atoms with Gasteiger partial charge in [0, 0.05) is 6.07 Å². The summed E-state index contributed by atoms with van der Waals surface area (Å²) in [5, 5.41) is 10.5. The van der Waals surface area contributed by atoms with Crippen molar-refractivity contribution in [2.24, 2.45) is 0 Å². The zero-order valence-electron chi connectivity index (χ0n) is 8.40. The highest BCUT2D eigenvalue weighted by Crippen LogP contribution is 2.22. The summed E-state index contributed by atoms with van der Waals surface area (Å²) < 4.78 is 0.585. The second kappa shape index (κ2) is 4.70. The van der Waals surface area contributed by atoms with Crippen LogP contribution in [0.25, 0.3) is 0 Å². The van der Waals surface area contributed by atoms with Crippen molar-refractivity contribution in [1.29, 1.82) is 0 Å². The van der Waals surface area contributed by atoms with E-state index < -0.39 is 0 Å². The maximum atomic E-state index is 10.5. The van der Waals surface area contributed by atoms with Crippen molar-refractivity contribution in [1.82, 2.24) is 4.48 Å². The van der Waals surface area contributed by atoms with E-state index in [0.717, 1.165) is 5.69 Å². The van der Waals surface area contributed by atoms with E-state index in [0.29, 0.717) is 4.48 Å². The highest BCUT2D eigenvalue weighted by atomic mass is 127. The van der Waals surface area contributed by atoms with Crippen LogP contribution in [-0.4, -0.2) is 26.1 Å². The minimum atomic E-state index is -0.376. The number of nitro groups is 1. The quantitative estimate of drug-likeness (QED) is 0.298. The van der Waals surface area contributed by atoms with Gasteiger partial charge in [-0.15, -0.1) is 0 Å². The van der Waals surface area contributed by atoms with Gasteiger partial charge in [0.2, 0.25) is 0 Å². The van der Waals surface area contributed by atoms with E-state index in [4.69, 9.17) is 0 Å². The molecule has 0 N–H and O–H groups in total. The third kappa shape index (κ3) is 3.22. The predicted molar refractivity (Wildman–Crippen MR) is 52.7 cm³/mol. The number of halogens is 1. The molecule has 1 aromatic carbocycles. The lowest BCUT2D eigenvalue weighted by Crippen LogP contribution is -3.00. The molecule has 78 valence electrons. The van der Waals surface area contributed by atoms with Gasteiger partial charge in [-0.2, -0.15) is 0 Å². The number of hydrogen-bond acceptors (Lipinski definition) is 2. The smallest absolute Gasteiger partial charge is 0.275 e. The molecule has 4 nitrogen and oxygen atoms in total. The average Bonchev–Trinajstić information content (AvgIpc) is 2.03. The first-order valence-corrected chi connectivity index (χ1v) is 3.98. The molecule has 14 heavy (non-hydrogen) atoms. The lowest BCUT2D eigenvalue weighted by Gasteiger charge is -2.22. The molecule has 0 heterocycles. The van der Waals surface area contributed by atoms with Gasteiger partial charge in [0.15, 0.2) is 0 Å². The normalized spacial score (nSPS) is 10.5. The molecule has 0 saturated heterocycles. The van der Waals surface area contributed by atoms with Crippen molar-refractivity contribution >= 4 is 11.4 Å². The Hall–Kier alpha value is -0.690. The summed E-state index contributed by atoms with van der Waals surface area (Å²) in [5.74, 6) is 0. The molecule has 0 saturated carbocycles. The summed E-state index contributed by atoms with van der Waals surface area (Å²) in [5.41, 5.74) is 1.07. The molecule has 5 heteroatoms. The zero-order chi connectivity index (χ0) is 10.1. The first-order chi connectivity index (χ1) is 5.91. The van der Waals surface area contributed by atoms with Gasteiger partial charge in [0.25, 0.3) is 5.69 Å². The van der Waals surface area contributed by atoms with E-state index >= 15 is 0 Å². The van der Waals surface area contributed by atoms with Crippen molar-refractivity contribution in [3.63, 3.8) is 0 Å². The summed E-state index contributed by atoms with van der Waals surface area (Å²) in [6.45, 7) is 0. The second-order valence-electron chi connectivity index (χ2n) is 3.79. The van der Waals surface area contributed by atoms with E-state index in [1.807, 2.05) is 27.2 Å². The molecule has 0 unspecified atom stereocenters. The standard InChI is InChI=1S/C9H13N2O2.HI/c1-11(2,3)9-6-4-5-8(7-9)10(12)13;/h4-7H,1-3H3;1H/q+1;/p-1. The monoisotopic (exact) mass is 308 g/mol. The van der Waals surface area contributed by atoms with Crippen LogP contribution in [0.3, 0.4) is 0 Å².